The Morgan fingerprint density at radius 2 is 1.85 bits per heavy atom. The first-order valence-corrected chi connectivity index (χ1v) is 12.2. The standard InChI is InChI=1S/C28H24F3N5O3/c1-3-25(37)34-13-11-21(16-34)36-23-10-12-32-15-24(23)35(27(36)39)20-8-6-19(7-9-20)33-26(38)18-5-4-17(2)22(14-18)28(29,30)31/h3-10,12,14-15,21H,1,11,13,16H2,2H3,(H,33,38)/t21-/m0/s1. The molecule has 0 spiro atoms. The molecule has 11 heteroatoms. The van der Waals surface area contributed by atoms with Crippen molar-refractivity contribution >= 4 is 28.5 Å². The Morgan fingerprint density at radius 3 is 2.54 bits per heavy atom. The molecule has 1 atom stereocenters. The second-order valence-electron chi connectivity index (χ2n) is 9.31. The first-order chi connectivity index (χ1) is 18.6. The van der Waals surface area contributed by atoms with E-state index in [1.807, 2.05) is 0 Å². The van der Waals surface area contributed by atoms with Crippen LogP contribution in [0.1, 0.15) is 33.9 Å². The monoisotopic (exact) mass is 535 g/mol. The summed E-state index contributed by atoms with van der Waals surface area (Å²) >= 11 is 0. The first kappa shape index (κ1) is 26.0. The Bertz CT molecular complexity index is 1650. The first-order valence-electron chi connectivity index (χ1n) is 12.2. The number of anilines is 1. The lowest BCUT2D eigenvalue weighted by Crippen LogP contribution is -2.31. The fourth-order valence-electron chi connectivity index (χ4n) is 4.92. The molecule has 1 aliphatic rings. The number of carbonyl (C=O) groups excluding carboxylic acids is 2. The van der Waals surface area contributed by atoms with Gasteiger partial charge in [0.25, 0.3) is 5.91 Å². The van der Waals surface area contributed by atoms with Crippen LogP contribution in [-0.2, 0) is 11.0 Å². The fraction of sp³-hybridized carbons (Fsp3) is 0.214. The van der Waals surface area contributed by atoms with Crippen LogP contribution in [0, 0.1) is 6.92 Å². The summed E-state index contributed by atoms with van der Waals surface area (Å²) in [5.74, 6) is -0.875. The Kier molecular flexibility index (Phi) is 6.59. The molecule has 2 amide bonds. The maximum atomic E-state index is 13.6. The predicted octanol–water partition coefficient (Wildman–Crippen LogP) is 4.73. The van der Waals surface area contributed by atoms with Crippen molar-refractivity contribution in [3.05, 3.63) is 101 Å². The lowest BCUT2D eigenvalue weighted by Gasteiger charge is -2.15. The van der Waals surface area contributed by atoms with Crippen LogP contribution in [0.4, 0.5) is 18.9 Å². The molecule has 1 aliphatic heterocycles. The lowest BCUT2D eigenvalue weighted by molar-refractivity contribution is -0.138. The Hall–Kier alpha value is -4.67. The van der Waals surface area contributed by atoms with E-state index in [0.717, 1.165) is 6.07 Å². The lowest BCUT2D eigenvalue weighted by atomic mass is 10.0. The smallest absolute Gasteiger partial charge is 0.337 e. The summed E-state index contributed by atoms with van der Waals surface area (Å²) in [6.07, 6.45) is 0.479. The number of nitrogens with one attached hydrogen (secondary N) is 1. The van der Waals surface area contributed by atoms with Gasteiger partial charge in [-0.1, -0.05) is 12.6 Å². The van der Waals surface area contributed by atoms with Gasteiger partial charge in [-0.15, -0.1) is 0 Å². The molecule has 0 bridgehead atoms. The SMILES string of the molecule is C=CC(=O)N1CC[C@H](n2c(=O)n(-c3ccc(NC(=O)c4ccc(C)c(C(F)(F)F)c4)cc3)c3cnccc32)C1. The van der Waals surface area contributed by atoms with Crippen LogP contribution in [0.2, 0.25) is 0 Å². The van der Waals surface area contributed by atoms with Crippen molar-refractivity contribution in [1.29, 1.82) is 0 Å². The van der Waals surface area contributed by atoms with Gasteiger partial charge >= 0.3 is 11.9 Å². The molecule has 0 saturated carbocycles. The van der Waals surface area contributed by atoms with Crippen LogP contribution in [0.3, 0.4) is 0 Å². The zero-order valence-electron chi connectivity index (χ0n) is 20.9. The molecule has 5 rings (SSSR count). The van der Waals surface area contributed by atoms with Crippen molar-refractivity contribution in [2.75, 3.05) is 18.4 Å². The number of nitrogens with zero attached hydrogens (tertiary/aromatic N) is 4. The highest BCUT2D eigenvalue weighted by Crippen LogP contribution is 2.32. The third kappa shape index (κ3) is 4.83. The van der Waals surface area contributed by atoms with Gasteiger partial charge in [-0.25, -0.2) is 4.79 Å². The Labute approximate surface area is 221 Å². The number of imidazole rings is 1. The number of halogens is 3. The zero-order chi connectivity index (χ0) is 27.9. The van der Waals surface area contributed by atoms with Gasteiger partial charge in [0.15, 0.2) is 0 Å². The molecule has 1 fully saturated rings. The number of likely N-dealkylation sites (tertiary alicyclic amines) is 1. The van der Waals surface area contributed by atoms with Crippen molar-refractivity contribution in [2.24, 2.45) is 0 Å². The van der Waals surface area contributed by atoms with E-state index in [-0.39, 0.29) is 28.8 Å². The van der Waals surface area contributed by atoms with Gasteiger partial charge in [-0.05, 0) is 67.4 Å². The number of aryl methyl sites for hydroxylation is 1. The summed E-state index contributed by atoms with van der Waals surface area (Å²) in [6.45, 7) is 5.76. The Morgan fingerprint density at radius 1 is 1.10 bits per heavy atom. The molecule has 4 aromatic rings. The fourth-order valence-corrected chi connectivity index (χ4v) is 4.92. The van der Waals surface area contributed by atoms with E-state index < -0.39 is 17.6 Å². The molecule has 0 unspecified atom stereocenters. The van der Waals surface area contributed by atoms with Crippen molar-refractivity contribution in [2.45, 2.75) is 25.6 Å². The maximum absolute atomic E-state index is 13.6. The molecule has 200 valence electrons. The number of benzene rings is 2. The number of carbonyl (C=O) groups is 2. The van der Waals surface area contributed by atoms with Crippen LogP contribution in [-0.4, -0.2) is 43.9 Å². The zero-order valence-corrected chi connectivity index (χ0v) is 20.9. The minimum absolute atomic E-state index is 0.0279. The second-order valence-corrected chi connectivity index (χ2v) is 9.31. The van der Waals surface area contributed by atoms with E-state index in [0.29, 0.717) is 41.9 Å². The average Bonchev–Trinajstić information content (AvgIpc) is 3.50. The molecule has 39 heavy (non-hydrogen) atoms. The summed E-state index contributed by atoms with van der Waals surface area (Å²) in [6, 6.07) is 11.3. The van der Waals surface area contributed by atoms with Crippen molar-refractivity contribution in [1.82, 2.24) is 19.0 Å². The predicted molar refractivity (Wildman–Crippen MR) is 140 cm³/mol. The molecule has 1 saturated heterocycles. The highest BCUT2D eigenvalue weighted by molar-refractivity contribution is 6.04. The number of hydrogen-bond acceptors (Lipinski definition) is 4. The van der Waals surface area contributed by atoms with E-state index >= 15 is 0 Å². The van der Waals surface area contributed by atoms with E-state index in [1.165, 1.54) is 29.7 Å². The van der Waals surface area contributed by atoms with Crippen molar-refractivity contribution in [3.8, 4) is 5.69 Å². The number of aromatic nitrogens is 3. The van der Waals surface area contributed by atoms with Crippen LogP contribution < -0.4 is 11.0 Å². The molecule has 2 aromatic carbocycles. The summed E-state index contributed by atoms with van der Waals surface area (Å²) in [7, 11) is 0. The van der Waals surface area contributed by atoms with Gasteiger partial charge in [0.2, 0.25) is 5.91 Å². The number of hydrogen-bond donors (Lipinski definition) is 1. The highest BCUT2D eigenvalue weighted by Gasteiger charge is 2.33. The maximum Gasteiger partial charge on any atom is 0.416 e. The largest absolute Gasteiger partial charge is 0.416 e. The molecule has 2 aromatic heterocycles. The van der Waals surface area contributed by atoms with Gasteiger partial charge in [-0.3, -0.25) is 23.7 Å². The third-order valence-corrected chi connectivity index (χ3v) is 6.88. The number of fused-ring (bicyclic) bond motifs is 1. The summed E-state index contributed by atoms with van der Waals surface area (Å²) < 4.78 is 42.9. The summed E-state index contributed by atoms with van der Waals surface area (Å²) in [5, 5.41) is 2.60. The summed E-state index contributed by atoms with van der Waals surface area (Å²) in [5.41, 5.74) is 0.852. The van der Waals surface area contributed by atoms with E-state index in [2.05, 4.69) is 16.9 Å². The molecule has 3 heterocycles. The highest BCUT2D eigenvalue weighted by atomic mass is 19.4. The number of rotatable bonds is 5. The van der Waals surface area contributed by atoms with Gasteiger partial charge in [0, 0.05) is 30.5 Å². The van der Waals surface area contributed by atoms with E-state index in [4.69, 9.17) is 0 Å². The second kappa shape index (κ2) is 9.90. The average molecular weight is 536 g/mol. The van der Waals surface area contributed by atoms with Gasteiger partial charge in [0.1, 0.15) is 0 Å². The molecule has 0 aliphatic carbocycles. The van der Waals surface area contributed by atoms with Crippen LogP contribution in [0.5, 0.6) is 0 Å². The van der Waals surface area contributed by atoms with Gasteiger partial charge < -0.3 is 10.2 Å². The van der Waals surface area contributed by atoms with Crippen LogP contribution in [0.15, 0.2) is 78.4 Å². The van der Waals surface area contributed by atoms with Crippen molar-refractivity contribution in [3.63, 3.8) is 0 Å². The minimum Gasteiger partial charge on any atom is -0.337 e. The number of alkyl halides is 3. The molecule has 8 nitrogen and oxygen atoms in total. The van der Waals surface area contributed by atoms with Crippen LogP contribution >= 0.6 is 0 Å². The normalized spacial score (nSPS) is 15.5. The topological polar surface area (TPSA) is 89.2 Å². The molecular weight excluding hydrogens is 511 g/mol. The minimum atomic E-state index is -4.57. The summed E-state index contributed by atoms with van der Waals surface area (Å²) in [4.78, 5) is 44.2. The third-order valence-electron chi connectivity index (χ3n) is 6.88. The Balaban J connectivity index is 1.43. The molecule has 0 radical (unpaired) electrons. The van der Waals surface area contributed by atoms with Crippen LogP contribution in [0.25, 0.3) is 16.7 Å². The van der Waals surface area contributed by atoms with E-state index in [9.17, 15) is 27.6 Å². The quantitative estimate of drug-likeness (QED) is 0.375. The molecule has 1 N–H and O–H groups in total. The van der Waals surface area contributed by atoms with Gasteiger partial charge in [-0.2, -0.15) is 13.2 Å². The van der Waals surface area contributed by atoms with Crippen molar-refractivity contribution < 1.29 is 22.8 Å². The number of pyridine rings is 1. The molecular formula is C28H24F3N5O3. The van der Waals surface area contributed by atoms with E-state index in [1.54, 1.807) is 52.2 Å². The number of amides is 2. The van der Waals surface area contributed by atoms with Gasteiger partial charge in [0.05, 0.1) is 34.5 Å².